The van der Waals surface area contributed by atoms with E-state index < -0.39 is 0 Å². The molecule has 0 saturated carbocycles. The van der Waals surface area contributed by atoms with E-state index in [9.17, 15) is 14.0 Å². The fourth-order valence-corrected chi connectivity index (χ4v) is 3.89. The number of likely N-dealkylation sites (tertiary alicyclic amines) is 1. The molecular weight excluding hydrogens is 399 g/mol. The van der Waals surface area contributed by atoms with Crippen molar-refractivity contribution in [1.29, 1.82) is 0 Å². The number of nitrogens with zero attached hydrogens (tertiary/aromatic N) is 4. The normalized spacial score (nSPS) is 16.3. The summed E-state index contributed by atoms with van der Waals surface area (Å²) in [6.45, 7) is 3.87. The van der Waals surface area contributed by atoms with Gasteiger partial charge in [-0.1, -0.05) is 12.1 Å². The molecular formula is C22H25FN6O2. The van der Waals surface area contributed by atoms with Gasteiger partial charge in [0.05, 0.1) is 5.69 Å². The van der Waals surface area contributed by atoms with Crippen LogP contribution in [-0.2, 0) is 11.3 Å². The van der Waals surface area contributed by atoms with Crippen LogP contribution in [0, 0.1) is 11.7 Å². The highest BCUT2D eigenvalue weighted by molar-refractivity contribution is 5.93. The zero-order chi connectivity index (χ0) is 21.8. The lowest BCUT2D eigenvalue weighted by atomic mass is 9.94. The number of H-pyrrole nitrogens is 1. The first-order chi connectivity index (χ1) is 15.0. The Morgan fingerprint density at radius 2 is 2.13 bits per heavy atom. The fourth-order valence-electron chi connectivity index (χ4n) is 3.89. The summed E-state index contributed by atoms with van der Waals surface area (Å²) in [5.74, 6) is -0.229. The summed E-state index contributed by atoms with van der Waals surface area (Å²) in [5, 5.41) is 13.9. The smallest absolute Gasteiger partial charge is 0.274 e. The molecule has 0 spiro atoms. The number of halogens is 1. The monoisotopic (exact) mass is 424 g/mol. The number of nitrogens with one attached hydrogen (secondary N) is 2. The maximum absolute atomic E-state index is 13.9. The first kappa shape index (κ1) is 20.8. The van der Waals surface area contributed by atoms with Gasteiger partial charge in [-0.15, -0.1) is 0 Å². The number of aromatic nitrogens is 4. The van der Waals surface area contributed by atoms with Crippen LogP contribution in [0.5, 0.6) is 0 Å². The van der Waals surface area contributed by atoms with Crippen LogP contribution in [0.4, 0.5) is 10.2 Å². The van der Waals surface area contributed by atoms with E-state index in [1.54, 1.807) is 46.1 Å². The van der Waals surface area contributed by atoms with E-state index in [-0.39, 0.29) is 30.0 Å². The summed E-state index contributed by atoms with van der Waals surface area (Å²) in [6, 6.07) is 9.71. The largest absolute Gasteiger partial charge is 0.337 e. The number of aromatic amines is 1. The van der Waals surface area contributed by atoms with Gasteiger partial charge >= 0.3 is 0 Å². The number of hydrogen-bond acceptors (Lipinski definition) is 4. The molecule has 9 heteroatoms. The molecule has 4 rings (SSSR count). The number of benzene rings is 1. The summed E-state index contributed by atoms with van der Waals surface area (Å²) in [6.07, 6.45) is 3.80. The minimum absolute atomic E-state index is 0.0657. The number of hydrogen-bond donors (Lipinski definition) is 2. The maximum atomic E-state index is 13.9. The maximum Gasteiger partial charge on any atom is 0.274 e. The van der Waals surface area contributed by atoms with Crippen LogP contribution in [0.3, 0.4) is 0 Å². The lowest BCUT2D eigenvalue weighted by Gasteiger charge is -2.32. The molecule has 2 N–H and O–H groups in total. The Hall–Kier alpha value is -3.49. The van der Waals surface area contributed by atoms with Crippen molar-refractivity contribution in [3.8, 4) is 11.3 Å². The lowest BCUT2D eigenvalue weighted by molar-refractivity contribution is -0.117. The van der Waals surface area contributed by atoms with E-state index in [2.05, 4.69) is 20.6 Å². The van der Waals surface area contributed by atoms with Gasteiger partial charge in [0.1, 0.15) is 11.5 Å². The predicted molar refractivity (Wildman–Crippen MR) is 114 cm³/mol. The topological polar surface area (TPSA) is 95.9 Å². The van der Waals surface area contributed by atoms with Gasteiger partial charge < -0.3 is 10.2 Å². The number of rotatable bonds is 6. The van der Waals surface area contributed by atoms with E-state index in [0.29, 0.717) is 42.4 Å². The first-order valence-corrected chi connectivity index (χ1v) is 10.5. The highest BCUT2D eigenvalue weighted by Crippen LogP contribution is 2.24. The Morgan fingerprint density at radius 1 is 1.29 bits per heavy atom. The second-order valence-corrected chi connectivity index (χ2v) is 7.72. The molecule has 2 aromatic heterocycles. The third kappa shape index (κ3) is 4.82. The molecule has 1 saturated heterocycles. The van der Waals surface area contributed by atoms with Crippen molar-refractivity contribution < 1.29 is 14.0 Å². The highest BCUT2D eigenvalue weighted by atomic mass is 19.1. The van der Waals surface area contributed by atoms with Crippen LogP contribution in [0.1, 0.15) is 36.7 Å². The number of amides is 2. The average Bonchev–Trinajstić information content (AvgIpc) is 3.43. The van der Waals surface area contributed by atoms with Crippen LogP contribution in [0.15, 0.2) is 42.6 Å². The zero-order valence-corrected chi connectivity index (χ0v) is 17.3. The summed E-state index contributed by atoms with van der Waals surface area (Å²) in [5.41, 5.74) is 1.32. The second-order valence-electron chi connectivity index (χ2n) is 7.72. The van der Waals surface area contributed by atoms with Gasteiger partial charge in [-0.25, -0.2) is 4.39 Å². The van der Waals surface area contributed by atoms with Crippen LogP contribution in [-0.4, -0.2) is 49.8 Å². The number of anilines is 1. The van der Waals surface area contributed by atoms with Gasteiger partial charge in [-0.2, -0.15) is 10.2 Å². The summed E-state index contributed by atoms with van der Waals surface area (Å²) in [4.78, 5) is 27.0. The van der Waals surface area contributed by atoms with Crippen molar-refractivity contribution in [3.05, 3.63) is 54.1 Å². The van der Waals surface area contributed by atoms with Crippen LogP contribution >= 0.6 is 0 Å². The molecule has 3 aromatic rings. The Morgan fingerprint density at radius 3 is 2.90 bits per heavy atom. The molecule has 3 heterocycles. The molecule has 1 atom stereocenters. The molecule has 1 aromatic carbocycles. The number of carbonyl (C=O) groups is 2. The number of aryl methyl sites for hydroxylation is 1. The van der Waals surface area contributed by atoms with Crippen molar-refractivity contribution in [1.82, 2.24) is 24.9 Å². The fraction of sp³-hybridized carbons (Fsp3) is 0.364. The number of carbonyl (C=O) groups excluding carboxylic acids is 2. The molecule has 0 aliphatic carbocycles. The molecule has 0 radical (unpaired) electrons. The van der Waals surface area contributed by atoms with Crippen molar-refractivity contribution in [3.63, 3.8) is 0 Å². The van der Waals surface area contributed by atoms with Gasteiger partial charge in [0, 0.05) is 43.9 Å². The third-order valence-electron chi connectivity index (χ3n) is 5.47. The Bertz CT molecular complexity index is 1080. The van der Waals surface area contributed by atoms with Gasteiger partial charge in [0.25, 0.3) is 5.91 Å². The molecule has 8 nitrogen and oxygen atoms in total. The SMILES string of the molecule is CCn1ccc(C(=O)N2CCCC(CC(=O)Nc3cc(-c4ccccc4F)[nH]n3)C2)n1. The third-order valence-corrected chi connectivity index (χ3v) is 5.47. The van der Waals surface area contributed by atoms with Gasteiger partial charge in [-0.3, -0.25) is 19.4 Å². The molecule has 1 fully saturated rings. The van der Waals surface area contributed by atoms with Crippen LogP contribution in [0.2, 0.25) is 0 Å². The summed E-state index contributed by atoms with van der Waals surface area (Å²) in [7, 11) is 0. The molecule has 1 unspecified atom stereocenters. The molecule has 1 aliphatic rings. The zero-order valence-electron chi connectivity index (χ0n) is 17.3. The summed E-state index contributed by atoms with van der Waals surface area (Å²) < 4.78 is 15.7. The Kier molecular flexibility index (Phi) is 6.11. The standard InChI is InChI=1S/C22H25FN6O2/c1-2-29-11-9-18(27-29)22(31)28-10-5-6-15(14-28)12-21(30)24-20-13-19(25-26-20)16-7-3-4-8-17(16)23/h3-4,7-9,11,13,15H,2,5-6,10,12,14H2,1H3,(H2,24,25,26,30). The van der Waals surface area contributed by atoms with Crippen LogP contribution < -0.4 is 5.32 Å². The Labute approximate surface area is 179 Å². The second kappa shape index (κ2) is 9.11. The van der Waals surface area contributed by atoms with Gasteiger partial charge in [0.15, 0.2) is 5.82 Å². The van der Waals surface area contributed by atoms with Crippen molar-refractivity contribution in [2.24, 2.45) is 5.92 Å². The molecule has 0 bridgehead atoms. The molecule has 2 amide bonds. The van der Waals surface area contributed by atoms with E-state index in [1.165, 1.54) is 6.07 Å². The molecule has 31 heavy (non-hydrogen) atoms. The first-order valence-electron chi connectivity index (χ1n) is 10.5. The molecule has 162 valence electrons. The average molecular weight is 424 g/mol. The summed E-state index contributed by atoms with van der Waals surface area (Å²) >= 11 is 0. The van der Waals surface area contributed by atoms with Gasteiger partial charge in [0.2, 0.25) is 5.91 Å². The molecule has 1 aliphatic heterocycles. The van der Waals surface area contributed by atoms with E-state index in [1.807, 2.05) is 6.92 Å². The van der Waals surface area contributed by atoms with E-state index >= 15 is 0 Å². The minimum Gasteiger partial charge on any atom is -0.337 e. The lowest BCUT2D eigenvalue weighted by Crippen LogP contribution is -2.41. The Balaban J connectivity index is 1.33. The highest BCUT2D eigenvalue weighted by Gasteiger charge is 2.27. The van der Waals surface area contributed by atoms with Gasteiger partial charge in [-0.05, 0) is 43.9 Å². The van der Waals surface area contributed by atoms with Crippen molar-refractivity contribution in [2.45, 2.75) is 32.7 Å². The predicted octanol–water partition coefficient (Wildman–Crippen LogP) is 3.31. The van der Waals surface area contributed by atoms with Crippen LogP contribution in [0.25, 0.3) is 11.3 Å². The van der Waals surface area contributed by atoms with E-state index in [4.69, 9.17) is 0 Å². The quantitative estimate of drug-likeness (QED) is 0.635. The van der Waals surface area contributed by atoms with Crippen molar-refractivity contribution >= 4 is 17.6 Å². The van der Waals surface area contributed by atoms with Crippen molar-refractivity contribution in [2.75, 3.05) is 18.4 Å². The van der Waals surface area contributed by atoms with E-state index in [0.717, 1.165) is 12.8 Å². The minimum atomic E-state index is -0.361. The number of piperidine rings is 1.